The lowest BCUT2D eigenvalue weighted by Gasteiger charge is -2.08. The molecule has 3 nitrogen and oxygen atoms in total. The molecule has 0 heterocycles. The normalized spacial score (nSPS) is 10.3. The van der Waals surface area contributed by atoms with Crippen molar-refractivity contribution in [2.75, 3.05) is 0 Å². The quantitative estimate of drug-likeness (QED) is 0.827. The van der Waals surface area contributed by atoms with E-state index in [2.05, 4.69) is 0 Å². The minimum atomic E-state index is -0.479. The molecule has 0 fully saturated rings. The van der Waals surface area contributed by atoms with E-state index in [0.717, 1.165) is 0 Å². The van der Waals surface area contributed by atoms with Gasteiger partial charge in [-0.2, -0.15) is 0 Å². The minimum absolute atomic E-state index is 0.0472. The Bertz CT molecular complexity index is 609. The molecule has 2 rings (SSSR count). The van der Waals surface area contributed by atoms with Crippen LogP contribution in [0.2, 0.25) is 10.0 Å². The number of hydrogen-bond acceptors (Lipinski definition) is 3. The zero-order chi connectivity index (χ0) is 13.3. The molecule has 0 aromatic heterocycles. The van der Waals surface area contributed by atoms with Crippen LogP contribution in [-0.4, -0.2) is 16.0 Å². The number of benzene rings is 2. The summed E-state index contributed by atoms with van der Waals surface area (Å²) in [6, 6.07) is 9.58. The van der Waals surface area contributed by atoms with E-state index in [1.807, 2.05) is 0 Å². The van der Waals surface area contributed by atoms with Crippen molar-refractivity contribution in [3.05, 3.63) is 57.6 Å². The lowest BCUT2D eigenvalue weighted by Crippen LogP contribution is -2.01. The van der Waals surface area contributed by atoms with Gasteiger partial charge in [0.05, 0.1) is 10.6 Å². The molecular weight excluding hydrogens is 275 g/mol. The van der Waals surface area contributed by atoms with E-state index in [9.17, 15) is 15.0 Å². The highest BCUT2D eigenvalue weighted by Gasteiger charge is 2.20. The second-order valence-corrected chi connectivity index (χ2v) is 4.40. The van der Waals surface area contributed by atoms with Crippen LogP contribution in [0.15, 0.2) is 36.4 Å². The molecule has 0 aliphatic carbocycles. The fourth-order valence-electron chi connectivity index (χ4n) is 1.52. The lowest BCUT2D eigenvalue weighted by molar-refractivity contribution is 0.103. The van der Waals surface area contributed by atoms with E-state index in [0.29, 0.717) is 5.56 Å². The van der Waals surface area contributed by atoms with E-state index >= 15 is 0 Å². The number of carbonyl (C=O) groups excluding carboxylic acids is 1. The lowest BCUT2D eigenvalue weighted by atomic mass is 10.0. The van der Waals surface area contributed by atoms with Crippen molar-refractivity contribution < 1.29 is 15.0 Å². The molecule has 0 saturated heterocycles. The molecule has 0 unspecified atom stereocenters. The molecule has 0 spiro atoms. The minimum Gasteiger partial charge on any atom is -0.505 e. The standard InChI is InChI=1S/C13H8Cl2O3/c14-9-6-8(12(17)10(15)13(9)18)11(16)7-4-2-1-3-5-7/h1-6,17-18H. The van der Waals surface area contributed by atoms with Gasteiger partial charge in [-0.05, 0) is 6.07 Å². The Hall–Kier alpha value is -1.71. The molecule has 0 aliphatic heterocycles. The number of phenols is 2. The van der Waals surface area contributed by atoms with Crippen molar-refractivity contribution >= 4 is 29.0 Å². The van der Waals surface area contributed by atoms with Crippen LogP contribution in [0.5, 0.6) is 11.5 Å². The van der Waals surface area contributed by atoms with Gasteiger partial charge < -0.3 is 10.2 Å². The van der Waals surface area contributed by atoms with Gasteiger partial charge in [-0.1, -0.05) is 53.5 Å². The number of rotatable bonds is 2. The first-order chi connectivity index (χ1) is 8.52. The van der Waals surface area contributed by atoms with Crippen molar-refractivity contribution in [2.24, 2.45) is 0 Å². The van der Waals surface area contributed by atoms with Crippen LogP contribution in [0.1, 0.15) is 15.9 Å². The van der Waals surface area contributed by atoms with Crippen LogP contribution in [0.25, 0.3) is 0 Å². The van der Waals surface area contributed by atoms with Crippen LogP contribution in [0.3, 0.4) is 0 Å². The number of carbonyl (C=O) groups is 1. The monoisotopic (exact) mass is 282 g/mol. The molecule has 0 saturated carbocycles. The van der Waals surface area contributed by atoms with Gasteiger partial charge in [0, 0.05) is 5.56 Å². The first-order valence-electron chi connectivity index (χ1n) is 5.02. The molecule has 92 valence electrons. The summed E-state index contributed by atoms with van der Waals surface area (Å²) in [5, 5.41) is 18.8. The van der Waals surface area contributed by atoms with Crippen molar-refractivity contribution in [2.45, 2.75) is 0 Å². The molecule has 0 bridgehead atoms. The van der Waals surface area contributed by atoms with Gasteiger partial charge in [0.1, 0.15) is 10.8 Å². The summed E-state index contributed by atoms with van der Waals surface area (Å²) in [4.78, 5) is 12.1. The van der Waals surface area contributed by atoms with E-state index in [4.69, 9.17) is 23.2 Å². The van der Waals surface area contributed by atoms with Gasteiger partial charge in [-0.3, -0.25) is 4.79 Å². The molecule has 0 aliphatic rings. The number of halogens is 2. The molecular formula is C13H8Cl2O3. The average Bonchev–Trinajstić information content (AvgIpc) is 2.41. The number of hydrogen-bond donors (Lipinski definition) is 2. The summed E-state index contributed by atoms with van der Waals surface area (Å²) in [5.74, 6) is -1.34. The Morgan fingerprint density at radius 3 is 2.22 bits per heavy atom. The summed E-state index contributed by atoms with van der Waals surface area (Å²) in [6.45, 7) is 0. The number of aromatic hydroxyl groups is 2. The van der Waals surface area contributed by atoms with E-state index in [1.165, 1.54) is 6.07 Å². The van der Waals surface area contributed by atoms with Gasteiger partial charge in [0.25, 0.3) is 0 Å². The maximum absolute atomic E-state index is 12.1. The summed E-state index contributed by atoms with van der Waals surface area (Å²) < 4.78 is 0. The molecule has 2 N–H and O–H groups in total. The summed E-state index contributed by atoms with van der Waals surface area (Å²) in [6.07, 6.45) is 0. The highest BCUT2D eigenvalue weighted by molar-refractivity contribution is 6.39. The van der Waals surface area contributed by atoms with E-state index in [1.54, 1.807) is 30.3 Å². The van der Waals surface area contributed by atoms with Crippen LogP contribution in [-0.2, 0) is 0 Å². The zero-order valence-corrected chi connectivity index (χ0v) is 10.5. The van der Waals surface area contributed by atoms with Gasteiger partial charge in [0.15, 0.2) is 11.5 Å². The molecule has 0 amide bonds. The van der Waals surface area contributed by atoms with Gasteiger partial charge in [0.2, 0.25) is 0 Å². The Kier molecular flexibility index (Phi) is 3.45. The van der Waals surface area contributed by atoms with Crippen molar-refractivity contribution in [3.8, 4) is 11.5 Å². The zero-order valence-electron chi connectivity index (χ0n) is 9.02. The number of ketones is 1. The fraction of sp³-hybridized carbons (Fsp3) is 0. The summed E-state index contributed by atoms with van der Waals surface area (Å²) in [7, 11) is 0. The van der Waals surface area contributed by atoms with Gasteiger partial charge in [-0.25, -0.2) is 0 Å². The van der Waals surface area contributed by atoms with Crippen LogP contribution >= 0.6 is 23.2 Å². The smallest absolute Gasteiger partial charge is 0.196 e. The fourth-order valence-corrected chi connectivity index (χ4v) is 1.97. The number of phenolic OH excluding ortho intramolecular Hbond substituents is 2. The second-order valence-electron chi connectivity index (χ2n) is 3.61. The summed E-state index contributed by atoms with van der Waals surface area (Å²) >= 11 is 11.4. The third kappa shape index (κ3) is 2.15. The van der Waals surface area contributed by atoms with E-state index < -0.39 is 17.3 Å². The van der Waals surface area contributed by atoms with Crippen molar-refractivity contribution in [3.63, 3.8) is 0 Å². The molecule has 5 heteroatoms. The Morgan fingerprint density at radius 1 is 1.00 bits per heavy atom. The first kappa shape index (κ1) is 12.7. The highest BCUT2D eigenvalue weighted by atomic mass is 35.5. The molecule has 18 heavy (non-hydrogen) atoms. The van der Waals surface area contributed by atoms with Gasteiger partial charge >= 0.3 is 0 Å². The third-order valence-electron chi connectivity index (χ3n) is 2.45. The third-order valence-corrected chi connectivity index (χ3v) is 3.09. The summed E-state index contributed by atoms with van der Waals surface area (Å²) in [5.41, 5.74) is 0.347. The van der Waals surface area contributed by atoms with Crippen molar-refractivity contribution in [1.29, 1.82) is 0 Å². The van der Waals surface area contributed by atoms with Crippen LogP contribution < -0.4 is 0 Å². The predicted molar refractivity (Wildman–Crippen MR) is 69.7 cm³/mol. The van der Waals surface area contributed by atoms with Gasteiger partial charge in [-0.15, -0.1) is 0 Å². The molecule has 0 atom stereocenters. The predicted octanol–water partition coefficient (Wildman–Crippen LogP) is 3.64. The van der Waals surface area contributed by atoms with Crippen LogP contribution in [0, 0.1) is 0 Å². The Balaban J connectivity index is 2.56. The Morgan fingerprint density at radius 2 is 1.61 bits per heavy atom. The maximum Gasteiger partial charge on any atom is 0.196 e. The van der Waals surface area contributed by atoms with E-state index in [-0.39, 0.29) is 15.6 Å². The second kappa shape index (κ2) is 4.88. The van der Waals surface area contributed by atoms with Crippen LogP contribution in [0.4, 0.5) is 0 Å². The van der Waals surface area contributed by atoms with Crippen molar-refractivity contribution in [1.82, 2.24) is 0 Å². The molecule has 2 aromatic rings. The maximum atomic E-state index is 12.1. The largest absolute Gasteiger partial charge is 0.505 e. The average molecular weight is 283 g/mol. The molecule has 0 radical (unpaired) electrons. The topological polar surface area (TPSA) is 57.5 Å². The Labute approximate surface area is 113 Å². The SMILES string of the molecule is O=C(c1ccccc1)c1cc(Cl)c(O)c(Cl)c1O. The first-order valence-corrected chi connectivity index (χ1v) is 5.77. The molecule has 2 aromatic carbocycles. The highest BCUT2D eigenvalue weighted by Crippen LogP contribution is 2.41.